The Morgan fingerprint density at radius 3 is 2.25 bits per heavy atom. The number of carbonyl (C=O) groups is 4. The largest absolute Gasteiger partial charge is 0.469 e. The van der Waals surface area contributed by atoms with Gasteiger partial charge in [0, 0.05) is 13.2 Å². The first-order chi connectivity index (χ1) is 11.5. The molecule has 128 valence electrons. The van der Waals surface area contributed by atoms with Crippen molar-refractivity contribution < 1.29 is 28.7 Å². The zero-order chi connectivity index (χ0) is 17.5. The van der Waals surface area contributed by atoms with Gasteiger partial charge in [-0.3, -0.25) is 24.1 Å². The van der Waals surface area contributed by atoms with Gasteiger partial charge in [0.2, 0.25) is 0 Å². The van der Waals surface area contributed by atoms with E-state index >= 15 is 0 Å². The highest BCUT2D eigenvalue weighted by atomic mass is 16.5. The summed E-state index contributed by atoms with van der Waals surface area (Å²) in [4.78, 5) is 47.7. The van der Waals surface area contributed by atoms with Crippen LogP contribution in [0, 0.1) is 0 Å². The number of carbonyl (C=O) groups excluding carboxylic acids is 4. The first-order valence-electron chi connectivity index (χ1n) is 7.66. The average Bonchev–Trinajstić information content (AvgIpc) is 2.82. The van der Waals surface area contributed by atoms with Crippen molar-refractivity contribution in [3.63, 3.8) is 0 Å². The van der Waals surface area contributed by atoms with Crippen LogP contribution in [-0.2, 0) is 19.1 Å². The van der Waals surface area contributed by atoms with Crippen LogP contribution < -0.4 is 0 Å². The van der Waals surface area contributed by atoms with Crippen LogP contribution in [0.15, 0.2) is 24.3 Å². The van der Waals surface area contributed by atoms with Crippen molar-refractivity contribution in [2.75, 3.05) is 26.9 Å². The molecule has 1 aliphatic heterocycles. The summed E-state index contributed by atoms with van der Waals surface area (Å²) >= 11 is 0. The molecule has 0 atom stereocenters. The molecule has 2 rings (SSSR count). The lowest BCUT2D eigenvalue weighted by Gasteiger charge is -2.13. The highest BCUT2D eigenvalue weighted by Crippen LogP contribution is 2.22. The summed E-state index contributed by atoms with van der Waals surface area (Å²) in [5.74, 6) is -1.48. The van der Waals surface area contributed by atoms with Gasteiger partial charge in [0.1, 0.15) is 13.0 Å². The van der Waals surface area contributed by atoms with Crippen LogP contribution in [-0.4, -0.2) is 55.3 Å². The van der Waals surface area contributed by atoms with E-state index in [2.05, 4.69) is 4.74 Å². The molecule has 24 heavy (non-hydrogen) atoms. The van der Waals surface area contributed by atoms with Crippen molar-refractivity contribution in [3.05, 3.63) is 35.4 Å². The molecule has 1 heterocycles. The summed E-state index contributed by atoms with van der Waals surface area (Å²) in [6.07, 6.45) is 0.876. The predicted molar refractivity (Wildman–Crippen MR) is 83.5 cm³/mol. The number of unbranched alkanes of at least 4 members (excludes halogenated alkanes) is 1. The van der Waals surface area contributed by atoms with E-state index in [0.29, 0.717) is 37.1 Å². The molecule has 0 spiro atoms. The first kappa shape index (κ1) is 17.8. The van der Waals surface area contributed by atoms with Crippen molar-refractivity contribution >= 4 is 23.6 Å². The molecule has 1 aromatic rings. The number of imide groups is 1. The van der Waals surface area contributed by atoms with E-state index in [1.807, 2.05) is 0 Å². The van der Waals surface area contributed by atoms with E-state index in [1.165, 1.54) is 12.0 Å². The standard InChI is InChI=1S/C17H19NO6/c1-23-15(20)10-12(19)11-24-9-5-4-8-18-16(21)13-6-2-3-7-14(13)17(18)22/h2-3,6-7H,4-5,8-11H2,1H3. The van der Waals surface area contributed by atoms with Gasteiger partial charge in [-0.05, 0) is 25.0 Å². The molecule has 0 aromatic heterocycles. The fourth-order valence-electron chi connectivity index (χ4n) is 2.39. The van der Waals surface area contributed by atoms with Gasteiger partial charge in [0.15, 0.2) is 5.78 Å². The average molecular weight is 333 g/mol. The maximum atomic E-state index is 12.1. The number of hydrogen-bond acceptors (Lipinski definition) is 6. The van der Waals surface area contributed by atoms with Gasteiger partial charge in [-0.25, -0.2) is 0 Å². The normalized spacial score (nSPS) is 13.1. The minimum Gasteiger partial charge on any atom is -0.469 e. The number of Topliss-reactive ketones (excluding diaryl/α,β-unsaturated/α-hetero) is 1. The molecule has 0 bridgehead atoms. The molecule has 0 aliphatic carbocycles. The number of ether oxygens (including phenoxy) is 2. The van der Waals surface area contributed by atoms with Crippen LogP contribution in [0.1, 0.15) is 40.0 Å². The molecule has 0 saturated carbocycles. The monoisotopic (exact) mass is 333 g/mol. The van der Waals surface area contributed by atoms with E-state index < -0.39 is 5.97 Å². The minimum atomic E-state index is -0.589. The molecule has 1 aliphatic rings. The fourth-order valence-corrected chi connectivity index (χ4v) is 2.39. The maximum absolute atomic E-state index is 12.1. The molecular formula is C17H19NO6. The third-order valence-electron chi connectivity index (χ3n) is 3.63. The summed E-state index contributed by atoms with van der Waals surface area (Å²) in [7, 11) is 1.22. The molecular weight excluding hydrogens is 314 g/mol. The Morgan fingerprint density at radius 2 is 1.67 bits per heavy atom. The van der Waals surface area contributed by atoms with Gasteiger partial charge in [0.05, 0.1) is 18.2 Å². The highest BCUT2D eigenvalue weighted by Gasteiger charge is 2.34. The third kappa shape index (κ3) is 4.26. The number of nitrogens with zero attached hydrogens (tertiary/aromatic N) is 1. The number of amides is 2. The van der Waals surface area contributed by atoms with Gasteiger partial charge in [-0.2, -0.15) is 0 Å². The quantitative estimate of drug-likeness (QED) is 0.292. The molecule has 0 fully saturated rings. The second-order valence-corrected chi connectivity index (χ2v) is 5.36. The van der Waals surface area contributed by atoms with Crippen molar-refractivity contribution in [3.8, 4) is 0 Å². The molecule has 7 nitrogen and oxygen atoms in total. The fraction of sp³-hybridized carbons (Fsp3) is 0.412. The van der Waals surface area contributed by atoms with E-state index in [1.54, 1.807) is 24.3 Å². The number of rotatable bonds is 9. The Balaban J connectivity index is 1.65. The number of hydrogen-bond donors (Lipinski definition) is 0. The second kappa shape index (κ2) is 8.35. The van der Waals surface area contributed by atoms with Gasteiger partial charge >= 0.3 is 5.97 Å². The number of ketones is 1. The molecule has 0 N–H and O–H groups in total. The first-order valence-corrected chi connectivity index (χ1v) is 7.66. The lowest BCUT2D eigenvalue weighted by Crippen LogP contribution is -2.30. The van der Waals surface area contributed by atoms with E-state index in [9.17, 15) is 19.2 Å². The van der Waals surface area contributed by atoms with Gasteiger partial charge in [0.25, 0.3) is 11.8 Å². The third-order valence-corrected chi connectivity index (χ3v) is 3.63. The number of benzene rings is 1. The van der Waals surface area contributed by atoms with Crippen LogP contribution in [0.4, 0.5) is 0 Å². The van der Waals surface area contributed by atoms with Gasteiger partial charge in [-0.15, -0.1) is 0 Å². The van der Waals surface area contributed by atoms with Gasteiger partial charge < -0.3 is 9.47 Å². The lowest BCUT2D eigenvalue weighted by atomic mass is 10.1. The van der Waals surface area contributed by atoms with Crippen LogP contribution >= 0.6 is 0 Å². The van der Waals surface area contributed by atoms with E-state index in [-0.39, 0.29) is 30.6 Å². The molecule has 0 unspecified atom stereocenters. The Bertz CT molecular complexity index is 619. The zero-order valence-electron chi connectivity index (χ0n) is 13.4. The van der Waals surface area contributed by atoms with Crippen LogP contribution in [0.5, 0.6) is 0 Å². The smallest absolute Gasteiger partial charge is 0.313 e. The van der Waals surface area contributed by atoms with Gasteiger partial charge in [-0.1, -0.05) is 12.1 Å². The number of fused-ring (bicyclic) bond motifs is 1. The zero-order valence-corrected chi connectivity index (χ0v) is 13.4. The van der Waals surface area contributed by atoms with Crippen molar-refractivity contribution in [2.45, 2.75) is 19.3 Å². The summed E-state index contributed by atoms with van der Waals surface area (Å²) in [5.41, 5.74) is 0.874. The van der Waals surface area contributed by atoms with Crippen LogP contribution in [0.3, 0.4) is 0 Å². The summed E-state index contributed by atoms with van der Waals surface area (Å²) in [5, 5.41) is 0. The predicted octanol–water partition coefficient (Wildman–Crippen LogP) is 1.21. The Labute approximate surface area is 139 Å². The maximum Gasteiger partial charge on any atom is 0.313 e. The van der Waals surface area contributed by atoms with E-state index in [4.69, 9.17) is 4.74 Å². The van der Waals surface area contributed by atoms with Crippen LogP contribution in [0.2, 0.25) is 0 Å². The minimum absolute atomic E-state index is 0.151. The summed E-state index contributed by atoms with van der Waals surface area (Å²) in [6.45, 7) is 0.476. The molecule has 1 aromatic carbocycles. The number of methoxy groups -OCH3 is 1. The summed E-state index contributed by atoms with van der Waals surface area (Å²) in [6, 6.07) is 6.75. The SMILES string of the molecule is COC(=O)CC(=O)COCCCCN1C(=O)c2ccccc2C1=O. The number of esters is 1. The van der Waals surface area contributed by atoms with Crippen LogP contribution in [0.25, 0.3) is 0 Å². The Hall–Kier alpha value is -2.54. The second-order valence-electron chi connectivity index (χ2n) is 5.36. The lowest BCUT2D eigenvalue weighted by molar-refractivity contribution is -0.144. The summed E-state index contributed by atoms with van der Waals surface area (Å²) < 4.78 is 9.56. The topological polar surface area (TPSA) is 90.0 Å². The Kier molecular flexibility index (Phi) is 6.20. The van der Waals surface area contributed by atoms with Crippen molar-refractivity contribution in [2.24, 2.45) is 0 Å². The molecule has 2 amide bonds. The molecule has 7 heteroatoms. The highest BCUT2D eigenvalue weighted by molar-refractivity contribution is 6.21. The Morgan fingerprint density at radius 1 is 1.04 bits per heavy atom. The van der Waals surface area contributed by atoms with E-state index in [0.717, 1.165) is 0 Å². The molecule has 0 saturated heterocycles. The molecule has 0 radical (unpaired) electrons. The van der Waals surface area contributed by atoms with Crippen molar-refractivity contribution in [1.29, 1.82) is 0 Å². The van der Waals surface area contributed by atoms with Crippen molar-refractivity contribution in [1.82, 2.24) is 4.90 Å².